The lowest BCUT2D eigenvalue weighted by atomic mass is 10.0. The lowest BCUT2D eigenvalue weighted by Gasteiger charge is -2.14. The average molecular weight is 303 g/mol. The Morgan fingerprint density at radius 1 is 1.37 bits per heavy atom. The molecule has 106 valence electrons. The van der Waals surface area contributed by atoms with E-state index in [2.05, 4.69) is 13.8 Å². The molecule has 0 unspecified atom stereocenters. The highest BCUT2D eigenvalue weighted by atomic mass is 35.5. The number of carbonyl (C=O) groups is 1. The molecule has 0 amide bonds. The molecule has 0 aliphatic rings. The van der Waals surface area contributed by atoms with Gasteiger partial charge in [0.25, 0.3) is 0 Å². The third kappa shape index (κ3) is 5.04. The van der Waals surface area contributed by atoms with Crippen molar-refractivity contribution in [2.24, 2.45) is 5.92 Å². The summed E-state index contributed by atoms with van der Waals surface area (Å²) in [6.07, 6.45) is 1.08. The van der Waals surface area contributed by atoms with Gasteiger partial charge in [-0.3, -0.25) is 4.79 Å². The van der Waals surface area contributed by atoms with Crippen molar-refractivity contribution < 1.29 is 9.53 Å². The van der Waals surface area contributed by atoms with E-state index in [1.807, 2.05) is 13.0 Å². The van der Waals surface area contributed by atoms with Crippen LogP contribution in [0.1, 0.15) is 42.6 Å². The van der Waals surface area contributed by atoms with Crippen molar-refractivity contribution in [3.8, 4) is 5.75 Å². The number of hydrogen-bond donors (Lipinski definition) is 0. The van der Waals surface area contributed by atoms with Gasteiger partial charge in [-0.15, -0.1) is 11.6 Å². The minimum Gasteiger partial charge on any atom is -0.493 e. The number of halogens is 2. The number of ketones is 1. The van der Waals surface area contributed by atoms with Crippen molar-refractivity contribution in [2.45, 2.75) is 33.6 Å². The Bertz CT molecular complexity index is 442. The predicted molar refractivity (Wildman–Crippen MR) is 80.8 cm³/mol. The molecule has 1 aromatic carbocycles. The van der Waals surface area contributed by atoms with Crippen LogP contribution in [0.5, 0.6) is 5.75 Å². The smallest absolute Gasteiger partial charge is 0.166 e. The van der Waals surface area contributed by atoms with Gasteiger partial charge in [0, 0.05) is 17.3 Å². The molecule has 1 rings (SSSR count). The third-order valence-electron chi connectivity index (χ3n) is 2.67. The molecule has 0 aromatic heterocycles. The van der Waals surface area contributed by atoms with E-state index >= 15 is 0 Å². The second-order valence-electron chi connectivity index (χ2n) is 5.02. The van der Waals surface area contributed by atoms with E-state index in [0.717, 1.165) is 5.56 Å². The molecule has 0 bridgehead atoms. The van der Waals surface area contributed by atoms with Crippen molar-refractivity contribution >= 4 is 29.0 Å². The maximum atomic E-state index is 12.1. The average Bonchev–Trinajstić information content (AvgIpc) is 2.36. The molecule has 0 N–H and O–H groups in total. The molecule has 0 spiro atoms. The van der Waals surface area contributed by atoms with Gasteiger partial charge >= 0.3 is 0 Å². The Balaban J connectivity index is 2.98. The van der Waals surface area contributed by atoms with Crippen LogP contribution in [0, 0.1) is 12.8 Å². The van der Waals surface area contributed by atoms with Gasteiger partial charge in [-0.05, 0) is 37.0 Å². The molecule has 0 aliphatic carbocycles. The van der Waals surface area contributed by atoms with Gasteiger partial charge in [0.15, 0.2) is 5.78 Å². The van der Waals surface area contributed by atoms with Crippen LogP contribution in [0.25, 0.3) is 0 Å². The number of hydrogen-bond acceptors (Lipinski definition) is 2. The number of ether oxygens (including phenoxy) is 1. The highest BCUT2D eigenvalue weighted by molar-refractivity contribution is 6.31. The van der Waals surface area contributed by atoms with Crippen LogP contribution in [0.4, 0.5) is 0 Å². The van der Waals surface area contributed by atoms with Crippen molar-refractivity contribution in [1.82, 2.24) is 0 Å². The van der Waals surface area contributed by atoms with Gasteiger partial charge in [0.05, 0.1) is 12.2 Å². The van der Waals surface area contributed by atoms with Crippen LogP contribution in [0.3, 0.4) is 0 Å². The van der Waals surface area contributed by atoms with Gasteiger partial charge in [0.2, 0.25) is 0 Å². The van der Waals surface area contributed by atoms with Gasteiger partial charge in [0.1, 0.15) is 5.75 Å². The lowest BCUT2D eigenvalue weighted by Crippen LogP contribution is -2.09. The molecule has 0 aliphatic heterocycles. The summed E-state index contributed by atoms with van der Waals surface area (Å²) < 4.78 is 5.72. The predicted octanol–water partition coefficient (Wildman–Crippen LogP) is 4.88. The number of carbonyl (C=O) groups excluding carboxylic acids is 1. The van der Waals surface area contributed by atoms with E-state index < -0.39 is 0 Å². The van der Waals surface area contributed by atoms with Crippen molar-refractivity contribution in [1.29, 1.82) is 0 Å². The Morgan fingerprint density at radius 3 is 2.63 bits per heavy atom. The zero-order valence-electron chi connectivity index (χ0n) is 11.6. The fourth-order valence-electron chi connectivity index (χ4n) is 1.61. The summed E-state index contributed by atoms with van der Waals surface area (Å²) in [7, 11) is 0. The second-order valence-corrected chi connectivity index (χ2v) is 5.80. The minimum absolute atomic E-state index is 0.0290. The summed E-state index contributed by atoms with van der Waals surface area (Å²) in [6, 6.07) is 3.53. The molecular formula is C15H20Cl2O2. The lowest BCUT2D eigenvalue weighted by molar-refractivity contribution is 0.0977. The quantitative estimate of drug-likeness (QED) is 0.530. The molecular weight excluding hydrogens is 283 g/mol. The van der Waals surface area contributed by atoms with E-state index in [0.29, 0.717) is 47.6 Å². The second kappa shape index (κ2) is 7.76. The zero-order chi connectivity index (χ0) is 14.4. The normalized spacial score (nSPS) is 10.8. The van der Waals surface area contributed by atoms with E-state index in [9.17, 15) is 4.79 Å². The summed E-state index contributed by atoms with van der Waals surface area (Å²) in [4.78, 5) is 12.1. The minimum atomic E-state index is 0.0290. The number of alkyl halides is 1. The Hall–Kier alpha value is -0.730. The van der Waals surface area contributed by atoms with Crippen LogP contribution in [0.15, 0.2) is 12.1 Å². The standard InChI is InChI=1S/C15H20Cl2O2/c1-10(2)9-19-15-7-11(3)13(17)8-12(15)14(18)5-4-6-16/h7-8,10H,4-6,9H2,1-3H3. The van der Waals surface area contributed by atoms with Gasteiger partial charge in [-0.25, -0.2) is 0 Å². The SMILES string of the molecule is Cc1cc(OCC(C)C)c(C(=O)CCCCl)cc1Cl. The molecule has 0 fully saturated rings. The number of Topliss-reactive ketones (excluding diaryl/α,β-unsaturated/α-hetero) is 1. The highest BCUT2D eigenvalue weighted by Crippen LogP contribution is 2.28. The van der Waals surface area contributed by atoms with Crippen LogP contribution >= 0.6 is 23.2 Å². The fraction of sp³-hybridized carbons (Fsp3) is 0.533. The highest BCUT2D eigenvalue weighted by Gasteiger charge is 2.15. The number of rotatable bonds is 7. The largest absolute Gasteiger partial charge is 0.493 e. The van der Waals surface area contributed by atoms with Crippen molar-refractivity contribution in [3.05, 3.63) is 28.3 Å². The van der Waals surface area contributed by atoms with Crippen LogP contribution in [-0.2, 0) is 0 Å². The Morgan fingerprint density at radius 2 is 2.05 bits per heavy atom. The molecule has 0 saturated carbocycles. The van der Waals surface area contributed by atoms with E-state index in [4.69, 9.17) is 27.9 Å². The first-order valence-electron chi connectivity index (χ1n) is 6.47. The first kappa shape index (κ1) is 16.3. The van der Waals surface area contributed by atoms with E-state index in [1.165, 1.54) is 0 Å². The Kier molecular flexibility index (Phi) is 6.67. The van der Waals surface area contributed by atoms with Gasteiger partial charge in [-0.1, -0.05) is 25.4 Å². The molecule has 0 radical (unpaired) electrons. The molecule has 4 heteroatoms. The summed E-state index contributed by atoms with van der Waals surface area (Å²) in [5.74, 6) is 1.53. The number of benzene rings is 1. The molecule has 19 heavy (non-hydrogen) atoms. The third-order valence-corrected chi connectivity index (χ3v) is 3.35. The first-order chi connectivity index (χ1) is 8.95. The molecule has 2 nitrogen and oxygen atoms in total. The van der Waals surface area contributed by atoms with Gasteiger partial charge < -0.3 is 4.74 Å². The molecule has 0 heterocycles. The Labute approximate surface area is 125 Å². The monoisotopic (exact) mass is 302 g/mol. The topological polar surface area (TPSA) is 26.3 Å². The van der Waals surface area contributed by atoms with Crippen LogP contribution in [0.2, 0.25) is 5.02 Å². The van der Waals surface area contributed by atoms with Crippen molar-refractivity contribution in [2.75, 3.05) is 12.5 Å². The van der Waals surface area contributed by atoms with Crippen molar-refractivity contribution in [3.63, 3.8) is 0 Å². The van der Waals surface area contributed by atoms with Gasteiger partial charge in [-0.2, -0.15) is 0 Å². The number of aryl methyl sites for hydroxylation is 1. The summed E-state index contributed by atoms with van der Waals surface area (Å²) in [5.41, 5.74) is 1.47. The molecule has 0 saturated heterocycles. The van der Waals surface area contributed by atoms with Crippen LogP contribution in [-0.4, -0.2) is 18.3 Å². The van der Waals surface area contributed by atoms with E-state index in [-0.39, 0.29) is 5.78 Å². The first-order valence-corrected chi connectivity index (χ1v) is 7.39. The zero-order valence-corrected chi connectivity index (χ0v) is 13.1. The molecule has 1 aromatic rings. The maximum Gasteiger partial charge on any atom is 0.166 e. The summed E-state index contributed by atoms with van der Waals surface area (Å²) >= 11 is 11.7. The summed E-state index contributed by atoms with van der Waals surface area (Å²) in [6.45, 7) is 6.62. The van der Waals surface area contributed by atoms with Crippen LogP contribution < -0.4 is 4.74 Å². The summed E-state index contributed by atoms with van der Waals surface area (Å²) in [5, 5.41) is 0.589. The maximum absolute atomic E-state index is 12.1. The van der Waals surface area contributed by atoms with E-state index in [1.54, 1.807) is 6.07 Å². The molecule has 0 atom stereocenters. The fourth-order valence-corrected chi connectivity index (χ4v) is 1.91.